The number of rotatable bonds is 9. The summed E-state index contributed by atoms with van der Waals surface area (Å²) in [5.41, 5.74) is 1.53. The van der Waals surface area contributed by atoms with E-state index in [1.165, 1.54) is 4.90 Å². The summed E-state index contributed by atoms with van der Waals surface area (Å²) in [6.07, 6.45) is -0.0634. The molecule has 1 atom stereocenters. The molecule has 1 saturated heterocycles. The fourth-order valence-corrected chi connectivity index (χ4v) is 4.38. The van der Waals surface area contributed by atoms with Gasteiger partial charge in [0.25, 0.3) is 11.7 Å². The summed E-state index contributed by atoms with van der Waals surface area (Å²) in [6, 6.07) is 20.3. The van der Waals surface area contributed by atoms with Gasteiger partial charge < -0.3 is 19.3 Å². The molecule has 3 aromatic carbocycles. The number of ketones is 1. The number of ether oxygens (including phenoxy) is 3. The van der Waals surface area contributed by atoms with Crippen LogP contribution in [0.1, 0.15) is 44.9 Å². The zero-order valence-electron chi connectivity index (χ0n) is 21.4. The molecule has 37 heavy (non-hydrogen) atoms. The number of amides is 1. The molecule has 1 amide bonds. The molecule has 1 unspecified atom stereocenters. The molecule has 192 valence electrons. The van der Waals surface area contributed by atoms with Crippen LogP contribution in [0.2, 0.25) is 0 Å². The number of Topliss-reactive ketones (excluding diaryl/α,β-unsaturated/α-hetero) is 1. The molecular formula is C30H31NO6. The van der Waals surface area contributed by atoms with Gasteiger partial charge in [-0.05, 0) is 57.5 Å². The number of anilines is 1. The molecule has 1 N–H and O–H groups in total. The number of carbonyl (C=O) groups excluding carboxylic acids is 2. The van der Waals surface area contributed by atoms with Crippen LogP contribution < -0.4 is 19.1 Å². The van der Waals surface area contributed by atoms with Crippen molar-refractivity contribution >= 4 is 23.1 Å². The number of hydrogen-bond donors (Lipinski definition) is 1. The van der Waals surface area contributed by atoms with Crippen molar-refractivity contribution in [1.82, 2.24) is 0 Å². The fourth-order valence-electron chi connectivity index (χ4n) is 4.38. The van der Waals surface area contributed by atoms with E-state index in [0.29, 0.717) is 47.3 Å². The highest BCUT2D eigenvalue weighted by molar-refractivity contribution is 6.51. The second-order valence-corrected chi connectivity index (χ2v) is 8.77. The molecule has 0 radical (unpaired) electrons. The molecule has 1 aliphatic heterocycles. The lowest BCUT2D eigenvalue weighted by atomic mass is 9.95. The fraction of sp³-hybridized carbons (Fsp3) is 0.267. The van der Waals surface area contributed by atoms with Crippen LogP contribution in [0.3, 0.4) is 0 Å². The summed E-state index contributed by atoms with van der Waals surface area (Å²) >= 11 is 0. The van der Waals surface area contributed by atoms with Crippen molar-refractivity contribution in [2.45, 2.75) is 39.8 Å². The molecule has 4 rings (SSSR count). The number of carbonyl (C=O) groups is 2. The summed E-state index contributed by atoms with van der Waals surface area (Å²) in [6.45, 7) is 8.39. The third-order valence-electron chi connectivity index (χ3n) is 5.84. The highest BCUT2D eigenvalue weighted by atomic mass is 16.5. The van der Waals surface area contributed by atoms with Gasteiger partial charge in [0.1, 0.15) is 11.5 Å². The first-order valence-electron chi connectivity index (χ1n) is 12.4. The van der Waals surface area contributed by atoms with Crippen LogP contribution in [0.15, 0.2) is 78.4 Å². The van der Waals surface area contributed by atoms with E-state index in [2.05, 4.69) is 0 Å². The van der Waals surface area contributed by atoms with Crippen LogP contribution in [0.5, 0.6) is 17.2 Å². The molecule has 0 saturated carbocycles. The molecule has 7 heteroatoms. The van der Waals surface area contributed by atoms with Crippen LogP contribution in [-0.4, -0.2) is 36.1 Å². The first kappa shape index (κ1) is 25.8. The molecule has 7 nitrogen and oxygen atoms in total. The Bertz CT molecular complexity index is 1310. The summed E-state index contributed by atoms with van der Waals surface area (Å²) in [5.74, 6) is -0.209. The Morgan fingerprint density at radius 2 is 1.59 bits per heavy atom. The van der Waals surface area contributed by atoms with Crippen molar-refractivity contribution in [3.05, 3.63) is 89.5 Å². The van der Waals surface area contributed by atoms with Crippen molar-refractivity contribution in [3.63, 3.8) is 0 Å². The largest absolute Gasteiger partial charge is 0.507 e. The van der Waals surface area contributed by atoms with Gasteiger partial charge in [0.05, 0.1) is 30.9 Å². The van der Waals surface area contributed by atoms with Gasteiger partial charge in [0.2, 0.25) is 0 Å². The molecule has 3 aromatic rings. The zero-order valence-corrected chi connectivity index (χ0v) is 21.4. The predicted molar refractivity (Wildman–Crippen MR) is 142 cm³/mol. The maximum absolute atomic E-state index is 13.5. The van der Waals surface area contributed by atoms with Crippen molar-refractivity contribution in [2.24, 2.45) is 0 Å². The number of nitrogens with zero attached hydrogens (tertiary/aromatic N) is 1. The average molecular weight is 502 g/mol. The Morgan fingerprint density at radius 1 is 0.892 bits per heavy atom. The number of hydrogen-bond acceptors (Lipinski definition) is 6. The van der Waals surface area contributed by atoms with Gasteiger partial charge in [0.15, 0.2) is 11.5 Å². The molecule has 0 spiro atoms. The van der Waals surface area contributed by atoms with Gasteiger partial charge in [-0.2, -0.15) is 0 Å². The topological polar surface area (TPSA) is 85.3 Å². The minimum atomic E-state index is -0.844. The predicted octanol–water partition coefficient (Wildman–Crippen LogP) is 5.90. The van der Waals surface area contributed by atoms with Crippen LogP contribution >= 0.6 is 0 Å². The van der Waals surface area contributed by atoms with Crippen LogP contribution in [0.4, 0.5) is 5.69 Å². The quantitative estimate of drug-likeness (QED) is 0.223. The Morgan fingerprint density at radius 3 is 2.27 bits per heavy atom. The first-order chi connectivity index (χ1) is 17.8. The van der Waals surface area contributed by atoms with Crippen molar-refractivity contribution in [2.75, 3.05) is 18.1 Å². The Kier molecular flexibility index (Phi) is 7.82. The molecule has 0 aromatic heterocycles. The smallest absolute Gasteiger partial charge is 0.300 e. The van der Waals surface area contributed by atoms with Gasteiger partial charge in [-0.3, -0.25) is 14.5 Å². The second-order valence-electron chi connectivity index (χ2n) is 8.77. The summed E-state index contributed by atoms with van der Waals surface area (Å²) in [5, 5.41) is 11.4. The van der Waals surface area contributed by atoms with Crippen LogP contribution in [0.25, 0.3) is 5.76 Å². The summed E-state index contributed by atoms with van der Waals surface area (Å²) in [4.78, 5) is 28.3. The van der Waals surface area contributed by atoms with Gasteiger partial charge in [-0.15, -0.1) is 0 Å². The standard InChI is InChI=1S/C30H31NO6/c1-5-35-24-16-15-22(18-25(24)36-6-2)31-27(20-11-8-7-9-12-20)26(29(33)30(31)34)28(32)21-13-10-14-23(17-21)37-19(3)4/h7-19,27,32H,5-6H2,1-4H3/b28-26+. The third kappa shape index (κ3) is 5.31. The van der Waals surface area contributed by atoms with Gasteiger partial charge in [-0.1, -0.05) is 42.5 Å². The Labute approximate surface area is 216 Å². The minimum Gasteiger partial charge on any atom is -0.507 e. The van der Waals surface area contributed by atoms with Crippen LogP contribution in [0, 0.1) is 0 Å². The molecule has 0 aliphatic carbocycles. The third-order valence-corrected chi connectivity index (χ3v) is 5.84. The van der Waals surface area contributed by atoms with Gasteiger partial charge in [-0.25, -0.2) is 0 Å². The number of aliphatic hydroxyl groups is 1. The second kappa shape index (κ2) is 11.2. The Hall–Kier alpha value is -4.26. The highest BCUT2D eigenvalue weighted by Gasteiger charge is 2.47. The van der Waals surface area contributed by atoms with Crippen molar-refractivity contribution < 1.29 is 28.9 Å². The van der Waals surface area contributed by atoms with Crippen molar-refractivity contribution in [3.8, 4) is 17.2 Å². The lowest BCUT2D eigenvalue weighted by Gasteiger charge is -2.26. The molecular weight excluding hydrogens is 470 g/mol. The van der Waals surface area contributed by atoms with E-state index < -0.39 is 17.7 Å². The molecule has 1 aliphatic rings. The van der Waals surface area contributed by atoms with E-state index in [9.17, 15) is 14.7 Å². The zero-order chi connectivity index (χ0) is 26.5. The lowest BCUT2D eigenvalue weighted by molar-refractivity contribution is -0.132. The highest BCUT2D eigenvalue weighted by Crippen LogP contribution is 2.44. The summed E-state index contributed by atoms with van der Waals surface area (Å²) < 4.78 is 17.2. The number of benzene rings is 3. The molecule has 1 heterocycles. The number of aliphatic hydroxyl groups excluding tert-OH is 1. The summed E-state index contributed by atoms with van der Waals surface area (Å²) in [7, 11) is 0. The average Bonchev–Trinajstić information content (AvgIpc) is 3.15. The molecule has 0 bridgehead atoms. The van der Waals surface area contributed by atoms with Gasteiger partial charge in [0, 0.05) is 17.3 Å². The normalized spacial score (nSPS) is 16.8. The van der Waals surface area contributed by atoms with Crippen LogP contribution in [-0.2, 0) is 9.59 Å². The first-order valence-corrected chi connectivity index (χ1v) is 12.4. The van der Waals surface area contributed by atoms with E-state index in [1.807, 2.05) is 58.0 Å². The monoisotopic (exact) mass is 501 g/mol. The Balaban J connectivity index is 1.88. The van der Waals surface area contributed by atoms with Gasteiger partial charge >= 0.3 is 0 Å². The maximum atomic E-state index is 13.5. The van der Waals surface area contributed by atoms with E-state index in [1.54, 1.807) is 42.5 Å². The van der Waals surface area contributed by atoms with Crippen molar-refractivity contribution in [1.29, 1.82) is 0 Å². The lowest BCUT2D eigenvalue weighted by Crippen LogP contribution is -2.29. The maximum Gasteiger partial charge on any atom is 0.300 e. The van der Waals surface area contributed by atoms with E-state index in [4.69, 9.17) is 14.2 Å². The van der Waals surface area contributed by atoms with E-state index >= 15 is 0 Å². The van der Waals surface area contributed by atoms with E-state index in [-0.39, 0.29) is 17.4 Å². The molecule has 1 fully saturated rings. The minimum absolute atomic E-state index is 0.00439. The SMILES string of the molecule is CCOc1ccc(N2C(=O)C(=O)/C(=C(/O)c3cccc(OC(C)C)c3)C2c2ccccc2)cc1OCC. The van der Waals surface area contributed by atoms with E-state index in [0.717, 1.165) is 0 Å².